The molecule has 1 fully saturated rings. The Morgan fingerprint density at radius 3 is 2.54 bits per heavy atom. The minimum atomic E-state index is -0.320. The molecule has 1 aliphatic carbocycles. The molecule has 126 valence electrons. The van der Waals surface area contributed by atoms with Crippen molar-refractivity contribution in [2.24, 2.45) is 9.98 Å². The molecule has 3 rings (SSSR count). The van der Waals surface area contributed by atoms with E-state index in [0.29, 0.717) is 5.71 Å². The molecule has 0 amide bonds. The van der Waals surface area contributed by atoms with Crippen LogP contribution >= 0.6 is 0 Å². The molecule has 0 spiro atoms. The Bertz CT molecular complexity index is 741. The van der Waals surface area contributed by atoms with E-state index in [2.05, 4.69) is 9.98 Å². The van der Waals surface area contributed by atoms with E-state index in [4.69, 9.17) is 4.42 Å². The molecule has 1 aromatic heterocycles. The van der Waals surface area contributed by atoms with Crippen LogP contribution in [0.2, 0.25) is 0 Å². The van der Waals surface area contributed by atoms with Gasteiger partial charge in [0.1, 0.15) is 5.56 Å². The summed E-state index contributed by atoms with van der Waals surface area (Å²) in [4.78, 5) is 8.89. The standard InChI is InChI=1S/C19H22N2O3/c1-13(21-15-10-6-3-7-11-15)17-18(22)16(24-19(17)23)12-20-14-8-4-2-5-9-14/h2,4-5,8-9,12,15,22-23H,3,6-7,10-11H2,1H3. The lowest BCUT2D eigenvalue weighted by Crippen LogP contribution is -2.12. The van der Waals surface area contributed by atoms with E-state index in [1.165, 1.54) is 25.5 Å². The summed E-state index contributed by atoms with van der Waals surface area (Å²) < 4.78 is 5.25. The van der Waals surface area contributed by atoms with Gasteiger partial charge in [0.25, 0.3) is 5.95 Å². The molecule has 0 radical (unpaired) electrons. The van der Waals surface area contributed by atoms with E-state index < -0.39 is 0 Å². The van der Waals surface area contributed by atoms with E-state index in [-0.39, 0.29) is 29.1 Å². The fourth-order valence-electron chi connectivity index (χ4n) is 3.04. The van der Waals surface area contributed by atoms with Gasteiger partial charge in [0.15, 0.2) is 11.5 Å². The molecule has 0 bridgehead atoms. The predicted octanol–water partition coefficient (Wildman–Crippen LogP) is 4.58. The van der Waals surface area contributed by atoms with Crippen LogP contribution in [0.4, 0.5) is 5.69 Å². The fraction of sp³-hybridized carbons (Fsp3) is 0.368. The number of nitrogens with zero attached hydrogens (tertiary/aromatic N) is 2. The number of rotatable bonds is 4. The molecule has 0 saturated heterocycles. The molecule has 0 atom stereocenters. The van der Waals surface area contributed by atoms with Crippen LogP contribution in [0.5, 0.6) is 11.7 Å². The number of hydrogen-bond donors (Lipinski definition) is 2. The Balaban J connectivity index is 1.83. The average molecular weight is 326 g/mol. The maximum absolute atomic E-state index is 10.4. The first-order chi connectivity index (χ1) is 11.6. The molecule has 0 unspecified atom stereocenters. The zero-order valence-electron chi connectivity index (χ0n) is 13.8. The number of hydrogen-bond acceptors (Lipinski definition) is 5. The van der Waals surface area contributed by atoms with Crippen LogP contribution in [0.3, 0.4) is 0 Å². The number of para-hydroxylation sites is 1. The normalized spacial score (nSPS) is 16.8. The lowest BCUT2D eigenvalue weighted by atomic mass is 9.96. The molecule has 2 N–H and O–H groups in total. The third kappa shape index (κ3) is 3.67. The molecule has 1 aliphatic rings. The van der Waals surface area contributed by atoms with Gasteiger partial charge < -0.3 is 14.6 Å². The summed E-state index contributed by atoms with van der Waals surface area (Å²) in [7, 11) is 0. The molecule has 1 aromatic carbocycles. The van der Waals surface area contributed by atoms with Gasteiger partial charge in [0.2, 0.25) is 0 Å². The van der Waals surface area contributed by atoms with E-state index in [0.717, 1.165) is 18.5 Å². The highest BCUT2D eigenvalue weighted by Crippen LogP contribution is 2.35. The van der Waals surface area contributed by atoms with Crippen LogP contribution in [0.1, 0.15) is 50.4 Å². The Morgan fingerprint density at radius 1 is 1.12 bits per heavy atom. The first-order valence-electron chi connectivity index (χ1n) is 8.33. The van der Waals surface area contributed by atoms with Gasteiger partial charge in [-0.2, -0.15) is 0 Å². The summed E-state index contributed by atoms with van der Waals surface area (Å²) in [5, 5.41) is 20.4. The lowest BCUT2D eigenvalue weighted by Gasteiger charge is -2.18. The van der Waals surface area contributed by atoms with Crippen molar-refractivity contribution < 1.29 is 14.6 Å². The van der Waals surface area contributed by atoms with Crippen LogP contribution < -0.4 is 0 Å². The Morgan fingerprint density at radius 2 is 1.83 bits per heavy atom. The number of aromatic hydroxyl groups is 2. The second-order valence-electron chi connectivity index (χ2n) is 6.10. The van der Waals surface area contributed by atoms with E-state index in [1.54, 1.807) is 6.92 Å². The monoisotopic (exact) mass is 326 g/mol. The van der Waals surface area contributed by atoms with Gasteiger partial charge in [-0.1, -0.05) is 37.5 Å². The van der Waals surface area contributed by atoms with Crippen molar-refractivity contribution in [1.82, 2.24) is 0 Å². The van der Waals surface area contributed by atoms with Gasteiger partial charge >= 0.3 is 0 Å². The number of aliphatic imine (C=N–C) groups is 2. The minimum Gasteiger partial charge on any atom is -0.504 e. The van der Waals surface area contributed by atoms with Crippen molar-refractivity contribution in [1.29, 1.82) is 0 Å². The first kappa shape index (κ1) is 16.3. The van der Waals surface area contributed by atoms with E-state index in [9.17, 15) is 10.2 Å². The second-order valence-corrected chi connectivity index (χ2v) is 6.10. The zero-order chi connectivity index (χ0) is 16.9. The molecular formula is C19H22N2O3. The summed E-state index contributed by atoms with van der Waals surface area (Å²) in [6, 6.07) is 9.59. The first-order valence-corrected chi connectivity index (χ1v) is 8.33. The third-order valence-electron chi connectivity index (χ3n) is 4.29. The van der Waals surface area contributed by atoms with Crippen LogP contribution in [0.15, 0.2) is 44.7 Å². The Hall–Kier alpha value is -2.56. The minimum absolute atomic E-state index is 0.121. The highest BCUT2D eigenvalue weighted by molar-refractivity contribution is 6.05. The summed E-state index contributed by atoms with van der Waals surface area (Å²) >= 11 is 0. The fourth-order valence-corrected chi connectivity index (χ4v) is 3.04. The summed E-state index contributed by atoms with van der Waals surface area (Å²) in [6.07, 6.45) is 7.13. The van der Waals surface area contributed by atoms with Crippen LogP contribution in [-0.4, -0.2) is 28.2 Å². The van der Waals surface area contributed by atoms with Crippen molar-refractivity contribution in [3.63, 3.8) is 0 Å². The number of benzene rings is 1. The SMILES string of the molecule is CC(=NC1CCCCC1)c1c(O)oc(C=Nc2ccccc2)c1O. The molecule has 1 saturated carbocycles. The summed E-state index contributed by atoms with van der Waals surface area (Å²) in [5.74, 6) is -0.312. The van der Waals surface area contributed by atoms with Crippen molar-refractivity contribution >= 4 is 17.6 Å². The van der Waals surface area contributed by atoms with Crippen molar-refractivity contribution in [2.45, 2.75) is 45.1 Å². The predicted molar refractivity (Wildman–Crippen MR) is 94.8 cm³/mol. The largest absolute Gasteiger partial charge is 0.504 e. The Kier molecular flexibility index (Phi) is 4.99. The smallest absolute Gasteiger partial charge is 0.295 e. The van der Waals surface area contributed by atoms with E-state index >= 15 is 0 Å². The maximum atomic E-state index is 10.4. The highest BCUT2D eigenvalue weighted by Gasteiger charge is 2.22. The third-order valence-corrected chi connectivity index (χ3v) is 4.29. The van der Waals surface area contributed by atoms with Gasteiger partial charge in [-0.25, -0.2) is 0 Å². The quantitative estimate of drug-likeness (QED) is 0.807. The maximum Gasteiger partial charge on any atom is 0.295 e. The lowest BCUT2D eigenvalue weighted by molar-refractivity contribution is 0.329. The van der Waals surface area contributed by atoms with Gasteiger partial charge in [-0.3, -0.25) is 9.98 Å². The second kappa shape index (κ2) is 7.34. The molecule has 0 aliphatic heterocycles. The van der Waals surface area contributed by atoms with Gasteiger partial charge in [-0.15, -0.1) is 0 Å². The van der Waals surface area contributed by atoms with E-state index in [1.807, 2.05) is 30.3 Å². The van der Waals surface area contributed by atoms with Crippen LogP contribution in [0, 0.1) is 0 Å². The van der Waals surface area contributed by atoms with Gasteiger partial charge in [-0.05, 0) is 31.9 Å². The molecule has 5 nitrogen and oxygen atoms in total. The van der Waals surface area contributed by atoms with Gasteiger partial charge in [0, 0.05) is 0 Å². The topological polar surface area (TPSA) is 78.3 Å². The summed E-state index contributed by atoms with van der Waals surface area (Å²) in [5.41, 5.74) is 1.59. The molecule has 1 heterocycles. The van der Waals surface area contributed by atoms with Crippen molar-refractivity contribution in [3.8, 4) is 11.7 Å². The highest BCUT2D eigenvalue weighted by atomic mass is 16.5. The van der Waals surface area contributed by atoms with Crippen molar-refractivity contribution in [3.05, 3.63) is 41.7 Å². The zero-order valence-corrected chi connectivity index (χ0v) is 13.8. The van der Waals surface area contributed by atoms with Crippen LogP contribution in [0.25, 0.3) is 0 Å². The number of furan rings is 1. The van der Waals surface area contributed by atoms with Crippen molar-refractivity contribution in [2.75, 3.05) is 0 Å². The molecule has 5 heteroatoms. The van der Waals surface area contributed by atoms with Crippen LogP contribution in [-0.2, 0) is 0 Å². The molecular weight excluding hydrogens is 304 g/mol. The Labute approximate surface area is 141 Å². The molecule has 24 heavy (non-hydrogen) atoms. The summed E-state index contributed by atoms with van der Waals surface area (Å²) in [6.45, 7) is 1.79. The average Bonchev–Trinajstić information content (AvgIpc) is 2.88. The van der Waals surface area contributed by atoms with Gasteiger partial charge in [0.05, 0.1) is 23.7 Å². The molecule has 2 aromatic rings.